The summed E-state index contributed by atoms with van der Waals surface area (Å²) in [5, 5.41) is 7.59. The first-order chi connectivity index (χ1) is 8.29. The summed E-state index contributed by atoms with van der Waals surface area (Å²) in [7, 11) is 1.78. The van der Waals surface area contributed by atoms with Gasteiger partial charge in [0.1, 0.15) is 5.82 Å². The molecule has 0 saturated heterocycles. The fourth-order valence-corrected chi connectivity index (χ4v) is 1.83. The van der Waals surface area contributed by atoms with Gasteiger partial charge in [-0.2, -0.15) is 0 Å². The number of amides is 1. The molecular weight excluding hydrogens is 236 g/mol. The highest BCUT2D eigenvalue weighted by molar-refractivity contribution is 7.07. The zero-order valence-electron chi connectivity index (χ0n) is 9.30. The molecule has 2 aromatic rings. The molecule has 0 unspecified atom stereocenters. The molecule has 2 rings (SSSR count). The van der Waals surface area contributed by atoms with Crippen LogP contribution in [0.3, 0.4) is 0 Å². The van der Waals surface area contributed by atoms with Crippen molar-refractivity contribution >= 4 is 23.1 Å². The van der Waals surface area contributed by atoms with Crippen molar-refractivity contribution in [3.63, 3.8) is 0 Å². The van der Waals surface area contributed by atoms with Gasteiger partial charge in [0.05, 0.1) is 23.3 Å². The van der Waals surface area contributed by atoms with E-state index in [1.165, 1.54) is 11.3 Å². The molecule has 2 heterocycles. The highest BCUT2D eigenvalue weighted by Gasteiger charge is 2.06. The van der Waals surface area contributed by atoms with Crippen LogP contribution in [-0.2, 0) is 6.54 Å². The molecule has 88 valence electrons. The monoisotopic (exact) mass is 248 g/mol. The molecule has 6 heteroatoms. The molecule has 2 aromatic heterocycles. The lowest BCUT2D eigenvalue weighted by Crippen LogP contribution is -2.23. The van der Waals surface area contributed by atoms with E-state index in [1.807, 2.05) is 5.38 Å². The summed E-state index contributed by atoms with van der Waals surface area (Å²) >= 11 is 1.51. The fourth-order valence-electron chi connectivity index (χ4n) is 1.27. The largest absolute Gasteiger partial charge is 0.373 e. The Bertz CT molecular complexity index is 481. The second-order valence-corrected chi connectivity index (χ2v) is 4.06. The maximum Gasteiger partial charge on any atom is 0.253 e. The quantitative estimate of drug-likeness (QED) is 0.860. The van der Waals surface area contributed by atoms with Crippen LogP contribution >= 0.6 is 11.3 Å². The van der Waals surface area contributed by atoms with Crippen LogP contribution in [0.15, 0.2) is 29.2 Å². The van der Waals surface area contributed by atoms with E-state index < -0.39 is 0 Å². The van der Waals surface area contributed by atoms with Crippen molar-refractivity contribution in [1.29, 1.82) is 0 Å². The summed E-state index contributed by atoms with van der Waals surface area (Å²) < 4.78 is 0. The Morgan fingerprint density at radius 1 is 1.41 bits per heavy atom. The molecule has 0 atom stereocenters. The van der Waals surface area contributed by atoms with Crippen LogP contribution < -0.4 is 10.6 Å². The molecule has 0 aliphatic carbocycles. The lowest BCUT2D eigenvalue weighted by Gasteiger charge is -2.04. The SMILES string of the molecule is CNc1ccc(C(=O)NCc2cscn2)cn1. The Labute approximate surface area is 103 Å². The third-order valence-corrected chi connectivity index (χ3v) is 2.83. The van der Waals surface area contributed by atoms with Gasteiger partial charge in [-0.05, 0) is 12.1 Å². The van der Waals surface area contributed by atoms with Gasteiger partial charge in [-0.1, -0.05) is 0 Å². The second-order valence-electron chi connectivity index (χ2n) is 3.34. The maximum absolute atomic E-state index is 11.7. The highest BCUT2D eigenvalue weighted by atomic mass is 32.1. The maximum atomic E-state index is 11.7. The molecule has 0 fully saturated rings. The van der Waals surface area contributed by atoms with Gasteiger partial charge in [0.2, 0.25) is 0 Å². The number of rotatable bonds is 4. The Balaban J connectivity index is 1.95. The van der Waals surface area contributed by atoms with Gasteiger partial charge in [0.15, 0.2) is 0 Å². The minimum absolute atomic E-state index is 0.145. The molecule has 17 heavy (non-hydrogen) atoms. The first kappa shape index (κ1) is 11.5. The van der Waals surface area contributed by atoms with E-state index in [0.29, 0.717) is 12.1 Å². The molecule has 0 radical (unpaired) electrons. The van der Waals surface area contributed by atoms with E-state index in [2.05, 4.69) is 20.6 Å². The zero-order chi connectivity index (χ0) is 12.1. The average Bonchev–Trinajstić information content (AvgIpc) is 2.89. The summed E-state index contributed by atoms with van der Waals surface area (Å²) in [6, 6.07) is 3.49. The van der Waals surface area contributed by atoms with Gasteiger partial charge in [-0.15, -0.1) is 11.3 Å². The standard InChI is InChI=1S/C11H12N4OS/c1-12-10-3-2-8(4-13-10)11(16)14-5-9-6-17-7-15-9/h2-4,6-7H,5H2,1H3,(H,12,13)(H,14,16). The number of carbonyl (C=O) groups excluding carboxylic acids is 1. The van der Waals surface area contributed by atoms with Crippen LogP contribution in [0.4, 0.5) is 5.82 Å². The first-order valence-corrected chi connectivity index (χ1v) is 6.03. The number of thiazole rings is 1. The molecule has 0 spiro atoms. The van der Waals surface area contributed by atoms with E-state index in [4.69, 9.17) is 0 Å². The Kier molecular flexibility index (Phi) is 3.66. The second kappa shape index (κ2) is 5.40. The van der Waals surface area contributed by atoms with E-state index in [0.717, 1.165) is 11.5 Å². The molecule has 5 nitrogen and oxygen atoms in total. The van der Waals surface area contributed by atoms with Gasteiger partial charge in [-0.3, -0.25) is 4.79 Å². The van der Waals surface area contributed by atoms with Crippen LogP contribution in [0, 0.1) is 0 Å². The van der Waals surface area contributed by atoms with E-state index in [9.17, 15) is 4.79 Å². The Morgan fingerprint density at radius 3 is 2.88 bits per heavy atom. The van der Waals surface area contributed by atoms with E-state index in [1.54, 1.807) is 30.9 Å². The summed E-state index contributed by atoms with van der Waals surface area (Å²) in [6.45, 7) is 0.441. The van der Waals surface area contributed by atoms with Gasteiger partial charge < -0.3 is 10.6 Å². The minimum atomic E-state index is -0.145. The van der Waals surface area contributed by atoms with E-state index in [-0.39, 0.29) is 5.91 Å². The zero-order valence-corrected chi connectivity index (χ0v) is 10.1. The lowest BCUT2D eigenvalue weighted by atomic mass is 10.2. The third kappa shape index (κ3) is 3.01. The number of hydrogen-bond donors (Lipinski definition) is 2. The molecule has 0 aromatic carbocycles. The Hall–Kier alpha value is -1.95. The smallest absolute Gasteiger partial charge is 0.253 e. The summed E-state index contributed by atoms with van der Waals surface area (Å²) in [5.41, 5.74) is 3.15. The molecule has 0 bridgehead atoms. The van der Waals surface area contributed by atoms with Crippen molar-refractivity contribution in [3.05, 3.63) is 40.5 Å². The van der Waals surface area contributed by atoms with Gasteiger partial charge in [0.25, 0.3) is 5.91 Å². The van der Waals surface area contributed by atoms with Gasteiger partial charge >= 0.3 is 0 Å². The van der Waals surface area contributed by atoms with Crippen molar-refractivity contribution in [2.45, 2.75) is 6.54 Å². The van der Waals surface area contributed by atoms with Crippen LogP contribution in [0.25, 0.3) is 0 Å². The summed E-state index contributed by atoms with van der Waals surface area (Å²) in [4.78, 5) is 19.9. The first-order valence-electron chi connectivity index (χ1n) is 5.08. The van der Waals surface area contributed by atoms with Crippen LogP contribution in [0.1, 0.15) is 16.1 Å². The van der Waals surface area contributed by atoms with Crippen molar-refractivity contribution in [3.8, 4) is 0 Å². The molecule has 2 N–H and O–H groups in total. The van der Waals surface area contributed by atoms with Crippen LogP contribution in [0.5, 0.6) is 0 Å². The van der Waals surface area contributed by atoms with Crippen molar-refractivity contribution < 1.29 is 4.79 Å². The fraction of sp³-hybridized carbons (Fsp3) is 0.182. The molecule has 0 aliphatic rings. The normalized spacial score (nSPS) is 9.94. The minimum Gasteiger partial charge on any atom is -0.373 e. The van der Waals surface area contributed by atoms with E-state index >= 15 is 0 Å². The highest BCUT2D eigenvalue weighted by Crippen LogP contribution is 2.05. The van der Waals surface area contributed by atoms with Crippen LogP contribution in [0.2, 0.25) is 0 Å². The van der Waals surface area contributed by atoms with Gasteiger partial charge in [-0.25, -0.2) is 9.97 Å². The summed E-state index contributed by atoms with van der Waals surface area (Å²) in [5.74, 6) is 0.592. The number of anilines is 1. The third-order valence-electron chi connectivity index (χ3n) is 2.20. The molecular formula is C11H12N4OS. The van der Waals surface area contributed by atoms with Crippen molar-refractivity contribution in [2.75, 3.05) is 12.4 Å². The molecule has 1 amide bonds. The van der Waals surface area contributed by atoms with Crippen LogP contribution in [-0.4, -0.2) is 22.9 Å². The predicted octanol–water partition coefficient (Wildman–Crippen LogP) is 1.51. The predicted molar refractivity (Wildman–Crippen MR) is 67.1 cm³/mol. The summed E-state index contributed by atoms with van der Waals surface area (Å²) in [6.07, 6.45) is 1.54. The number of nitrogens with zero attached hydrogens (tertiary/aromatic N) is 2. The Morgan fingerprint density at radius 2 is 2.29 bits per heavy atom. The number of carbonyl (C=O) groups is 1. The average molecular weight is 248 g/mol. The van der Waals surface area contributed by atoms with Crippen molar-refractivity contribution in [2.24, 2.45) is 0 Å². The van der Waals surface area contributed by atoms with Gasteiger partial charge in [0, 0.05) is 18.6 Å². The topological polar surface area (TPSA) is 66.9 Å². The number of aromatic nitrogens is 2. The number of hydrogen-bond acceptors (Lipinski definition) is 5. The number of nitrogens with one attached hydrogen (secondary N) is 2. The molecule has 0 aliphatic heterocycles. The molecule has 0 saturated carbocycles. The lowest BCUT2D eigenvalue weighted by molar-refractivity contribution is 0.0950. The number of pyridine rings is 1. The van der Waals surface area contributed by atoms with Crippen molar-refractivity contribution in [1.82, 2.24) is 15.3 Å².